The van der Waals surface area contributed by atoms with E-state index in [1.807, 2.05) is 24.3 Å². The summed E-state index contributed by atoms with van der Waals surface area (Å²) in [6.07, 6.45) is 1.54. The minimum atomic E-state index is -0.564. The number of fused-ring (bicyclic) bond motifs is 1. The Labute approximate surface area is 177 Å². The van der Waals surface area contributed by atoms with Gasteiger partial charge in [-0.05, 0) is 49.6 Å². The SMILES string of the molecule is CC(NC(=O)N1CCC(c2nc3ccccc3o2)CC1)c1cc(F)c(Cl)cc1Cl. The molecular formula is C21H20Cl2FN3O2. The molecular weight excluding hydrogens is 416 g/mol. The van der Waals surface area contributed by atoms with Crippen LogP contribution in [0, 0.1) is 5.82 Å². The Balaban J connectivity index is 1.37. The van der Waals surface area contributed by atoms with Crippen molar-refractivity contribution in [2.45, 2.75) is 31.7 Å². The lowest BCUT2D eigenvalue weighted by molar-refractivity contribution is 0.174. The third-order valence-electron chi connectivity index (χ3n) is 5.29. The van der Waals surface area contributed by atoms with E-state index in [2.05, 4.69) is 10.3 Å². The van der Waals surface area contributed by atoms with Gasteiger partial charge in [-0.25, -0.2) is 14.2 Å². The minimum Gasteiger partial charge on any atom is -0.440 e. The second-order valence-corrected chi connectivity index (χ2v) is 8.05. The molecule has 1 saturated heterocycles. The summed E-state index contributed by atoms with van der Waals surface area (Å²) < 4.78 is 19.6. The van der Waals surface area contributed by atoms with E-state index in [1.54, 1.807) is 11.8 Å². The Morgan fingerprint density at radius 3 is 2.69 bits per heavy atom. The summed E-state index contributed by atoms with van der Waals surface area (Å²) in [5, 5.41) is 3.16. The molecule has 1 N–H and O–H groups in total. The average Bonchev–Trinajstić information content (AvgIpc) is 3.15. The fourth-order valence-electron chi connectivity index (χ4n) is 3.62. The van der Waals surface area contributed by atoms with Crippen molar-refractivity contribution in [1.82, 2.24) is 15.2 Å². The van der Waals surface area contributed by atoms with Crippen molar-refractivity contribution in [3.63, 3.8) is 0 Å². The number of hydrogen-bond acceptors (Lipinski definition) is 3. The van der Waals surface area contributed by atoms with Crippen LogP contribution in [0.25, 0.3) is 11.1 Å². The van der Waals surface area contributed by atoms with Crippen molar-refractivity contribution in [2.24, 2.45) is 0 Å². The molecule has 0 aliphatic carbocycles. The van der Waals surface area contributed by atoms with Crippen LogP contribution in [0.4, 0.5) is 9.18 Å². The standard InChI is InChI=1S/C21H20Cl2FN3O2/c1-12(14-10-17(24)16(23)11-15(14)22)25-21(28)27-8-6-13(7-9-27)20-26-18-4-2-3-5-19(18)29-20/h2-5,10-13H,6-9H2,1H3,(H,25,28). The van der Waals surface area contributed by atoms with E-state index in [1.165, 1.54) is 12.1 Å². The molecule has 1 aliphatic heterocycles. The molecule has 2 aromatic carbocycles. The number of halogens is 3. The molecule has 0 saturated carbocycles. The van der Waals surface area contributed by atoms with Crippen LogP contribution in [0.3, 0.4) is 0 Å². The summed E-state index contributed by atoms with van der Waals surface area (Å²) in [6.45, 7) is 2.94. The van der Waals surface area contributed by atoms with Crippen molar-refractivity contribution in [3.05, 3.63) is 63.7 Å². The van der Waals surface area contributed by atoms with Gasteiger partial charge in [-0.1, -0.05) is 35.3 Å². The van der Waals surface area contributed by atoms with E-state index >= 15 is 0 Å². The monoisotopic (exact) mass is 435 g/mol. The van der Waals surface area contributed by atoms with Crippen molar-refractivity contribution < 1.29 is 13.6 Å². The van der Waals surface area contributed by atoms with Crippen LogP contribution in [-0.4, -0.2) is 29.0 Å². The molecule has 2 heterocycles. The number of aromatic nitrogens is 1. The molecule has 4 rings (SSSR count). The number of likely N-dealkylation sites (tertiary alicyclic amines) is 1. The number of nitrogens with one attached hydrogen (secondary N) is 1. The number of carbonyl (C=O) groups excluding carboxylic acids is 1. The van der Waals surface area contributed by atoms with E-state index in [0.29, 0.717) is 23.7 Å². The highest BCUT2D eigenvalue weighted by atomic mass is 35.5. The first kappa shape index (κ1) is 20.0. The fraction of sp³-hybridized carbons (Fsp3) is 0.333. The summed E-state index contributed by atoms with van der Waals surface area (Å²) in [6, 6.07) is 9.64. The Morgan fingerprint density at radius 2 is 1.97 bits per heavy atom. The van der Waals surface area contributed by atoms with E-state index in [0.717, 1.165) is 29.8 Å². The predicted molar refractivity (Wildman–Crippen MR) is 111 cm³/mol. The van der Waals surface area contributed by atoms with E-state index in [9.17, 15) is 9.18 Å². The number of urea groups is 1. The maximum atomic E-state index is 13.8. The van der Waals surface area contributed by atoms with Crippen LogP contribution in [0.15, 0.2) is 40.8 Å². The number of nitrogens with zero attached hydrogens (tertiary/aromatic N) is 2. The molecule has 0 spiro atoms. The number of rotatable bonds is 3. The highest BCUT2D eigenvalue weighted by Gasteiger charge is 2.28. The molecule has 1 unspecified atom stereocenters. The Morgan fingerprint density at radius 1 is 1.24 bits per heavy atom. The van der Waals surface area contributed by atoms with Crippen molar-refractivity contribution >= 4 is 40.3 Å². The normalized spacial score (nSPS) is 16.2. The lowest BCUT2D eigenvalue weighted by atomic mass is 9.97. The van der Waals surface area contributed by atoms with E-state index in [4.69, 9.17) is 27.6 Å². The molecule has 2 amide bonds. The van der Waals surface area contributed by atoms with Gasteiger partial charge in [0, 0.05) is 24.0 Å². The Bertz CT molecular complexity index is 1010. The number of carbonyl (C=O) groups is 1. The molecule has 152 valence electrons. The molecule has 0 radical (unpaired) electrons. The quantitative estimate of drug-likeness (QED) is 0.519. The van der Waals surface area contributed by atoms with Gasteiger partial charge in [-0.15, -0.1) is 0 Å². The molecule has 1 atom stereocenters. The zero-order valence-corrected chi connectivity index (χ0v) is 17.3. The first-order chi connectivity index (χ1) is 13.9. The summed E-state index contributed by atoms with van der Waals surface area (Å²) in [4.78, 5) is 19.0. The first-order valence-electron chi connectivity index (χ1n) is 9.47. The van der Waals surface area contributed by atoms with Crippen LogP contribution in [-0.2, 0) is 0 Å². The van der Waals surface area contributed by atoms with Crippen molar-refractivity contribution in [3.8, 4) is 0 Å². The number of oxazole rings is 1. The number of para-hydroxylation sites is 2. The van der Waals surface area contributed by atoms with E-state index < -0.39 is 11.9 Å². The lowest BCUT2D eigenvalue weighted by Gasteiger charge is -2.31. The van der Waals surface area contributed by atoms with Crippen molar-refractivity contribution in [1.29, 1.82) is 0 Å². The molecule has 1 aliphatic rings. The van der Waals surface area contributed by atoms with Gasteiger partial charge in [-0.3, -0.25) is 0 Å². The highest BCUT2D eigenvalue weighted by molar-refractivity contribution is 6.35. The average molecular weight is 436 g/mol. The zero-order chi connectivity index (χ0) is 20.5. The lowest BCUT2D eigenvalue weighted by Crippen LogP contribution is -2.44. The van der Waals surface area contributed by atoms with Gasteiger partial charge in [0.15, 0.2) is 11.5 Å². The third-order valence-corrected chi connectivity index (χ3v) is 5.90. The van der Waals surface area contributed by atoms with Gasteiger partial charge in [0.05, 0.1) is 11.1 Å². The molecule has 3 aromatic rings. The molecule has 0 bridgehead atoms. The Kier molecular flexibility index (Phi) is 5.65. The number of hydrogen-bond donors (Lipinski definition) is 1. The number of amides is 2. The van der Waals surface area contributed by atoms with Gasteiger partial charge in [0.2, 0.25) is 0 Å². The molecule has 1 fully saturated rings. The van der Waals surface area contributed by atoms with Gasteiger partial charge in [0.25, 0.3) is 0 Å². The highest BCUT2D eigenvalue weighted by Crippen LogP contribution is 2.31. The molecule has 1 aromatic heterocycles. The third kappa shape index (κ3) is 4.19. The second kappa shape index (κ2) is 8.20. The fourth-order valence-corrected chi connectivity index (χ4v) is 4.17. The number of benzene rings is 2. The summed E-state index contributed by atoms with van der Waals surface area (Å²) in [7, 11) is 0. The van der Waals surface area contributed by atoms with Crippen LogP contribution in [0.5, 0.6) is 0 Å². The van der Waals surface area contributed by atoms with Crippen molar-refractivity contribution in [2.75, 3.05) is 13.1 Å². The number of piperidine rings is 1. The molecule has 29 heavy (non-hydrogen) atoms. The van der Waals surface area contributed by atoms with Crippen LogP contribution in [0.2, 0.25) is 10.0 Å². The second-order valence-electron chi connectivity index (χ2n) is 7.24. The van der Waals surface area contributed by atoms with Gasteiger partial charge in [0.1, 0.15) is 11.3 Å². The summed E-state index contributed by atoms with van der Waals surface area (Å²) in [5.41, 5.74) is 2.12. The maximum absolute atomic E-state index is 13.8. The maximum Gasteiger partial charge on any atom is 0.317 e. The van der Waals surface area contributed by atoms with E-state index in [-0.39, 0.29) is 17.0 Å². The Hall–Kier alpha value is -2.31. The van der Waals surface area contributed by atoms with Gasteiger partial charge >= 0.3 is 6.03 Å². The topological polar surface area (TPSA) is 58.4 Å². The van der Waals surface area contributed by atoms with Crippen LogP contribution >= 0.6 is 23.2 Å². The van der Waals surface area contributed by atoms with Gasteiger partial charge < -0.3 is 14.6 Å². The van der Waals surface area contributed by atoms with Crippen LogP contribution < -0.4 is 5.32 Å². The summed E-state index contributed by atoms with van der Waals surface area (Å²) >= 11 is 11.9. The summed E-state index contributed by atoms with van der Waals surface area (Å²) in [5.74, 6) is 0.345. The molecule has 5 nitrogen and oxygen atoms in total. The minimum absolute atomic E-state index is 0.0430. The van der Waals surface area contributed by atoms with Gasteiger partial charge in [-0.2, -0.15) is 0 Å². The predicted octanol–water partition coefficient (Wildman–Crippen LogP) is 5.92. The largest absolute Gasteiger partial charge is 0.440 e. The smallest absolute Gasteiger partial charge is 0.317 e. The zero-order valence-electron chi connectivity index (χ0n) is 15.8. The molecule has 8 heteroatoms. The first-order valence-corrected chi connectivity index (χ1v) is 10.2. The van der Waals surface area contributed by atoms with Crippen LogP contribution in [0.1, 0.15) is 43.2 Å².